The molecule has 1 aliphatic rings. The molecule has 0 amide bonds. The van der Waals surface area contributed by atoms with E-state index in [1.165, 1.54) is 10.5 Å². The van der Waals surface area contributed by atoms with Crippen LogP contribution in [0.1, 0.15) is 5.56 Å². The Morgan fingerprint density at radius 2 is 2.30 bits per heavy atom. The molecule has 1 nitrogen and oxygen atoms in total. The summed E-state index contributed by atoms with van der Waals surface area (Å²) in [4.78, 5) is 1.42. The molecule has 1 aromatic carbocycles. The molecule has 0 aliphatic carbocycles. The number of benzene rings is 1. The molecule has 1 heterocycles. The summed E-state index contributed by atoms with van der Waals surface area (Å²) in [5, 5.41) is 0. The van der Waals surface area contributed by atoms with Crippen molar-refractivity contribution in [3.05, 3.63) is 29.8 Å². The Labute approximate surface area is 70.0 Å². The van der Waals surface area contributed by atoms with Crippen molar-refractivity contribution in [3.63, 3.8) is 0 Å². The molecule has 0 fully saturated rings. The van der Waals surface area contributed by atoms with E-state index in [4.69, 9.17) is 3.76 Å². The first-order valence-electron chi connectivity index (χ1n) is 3.08. The van der Waals surface area contributed by atoms with Gasteiger partial charge in [0, 0.05) is 0 Å². The van der Waals surface area contributed by atoms with E-state index < -0.39 is 0 Å². The third-order valence-corrected chi connectivity index (χ3v) is 5.18. The zero-order chi connectivity index (χ0) is 6.81. The van der Waals surface area contributed by atoms with Crippen LogP contribution < -0.4 is 0 Å². The van der Waals surface area contributed by atoms with Crippen LogP contribution in [0, 0.1) is 0 Å². The standard InChI is InChI=1S/C7H6GeOS/c1-2-4-7-6(3-1)5-9-8-10-7/h1-4H,5H2. The van der Waals surface area contributed by atoms with Crippen molar-refractivity contribution >= 4 is 24.7 Å². The van der Waals surface area contributed by atoms with Gasteiger partial charge in [0.1, 0.15) is 0 Å². The van der Waals surface area contributed by atoms with Crippen molar-refractivity contribution in [3.8, 4) is 0 Å². The predicted octanol–water partition coefficient (Wildman–Crippen LogP) is 1.84. The Kier molecular flexibility index (Phi) is 2.02. The molecule has 1 aromatic rings. The van der Waals surface area contributed by atoms with Crippen molar-refractivity contribution in [1.29, 1.82) is 0 Å². The van der Waals surface area contributed by atoms with Gasteiger partial charge in [0.2, 0.25) is 0 Å². The molecule has 1 aliphatic heterocycles. The first-order chi connectivity index (χ1) is 4.97. The zero-order valence-corrected chi connectivity index (χ0v) is 8.25. The molecule has 2 rings (SSSR count). The van der Waals surface area contributed by atoms with Gasteiger partial charge in [0.15, 0.2) is 0 Å². The fourth-order valence-electron chi connectivity index (χ4n) is 0.904. The third-order valence-electron chi connectivity index (χ3n) is 1.41. The first kappa shape index (κ1) is 6.76. The Morgan fingerprint density at radius 1 is 1.40 bits per heavy atom. The Morgan fingerprint density at radius 3 is 3.20 bits per heavy atom. The van der Waals surface area contributed by atoms with Crippen LogP contribution in [0.2, 0.25) is 0 Å². The molecular formula is C7H6GeOS. The Bertz CT molecular complexity index is 214. The van der Waals surface area contributed by atoms with Gasteiger partial charge in [-0.1, -0.05) is 0 Å². The second-order valence-corrected chi connectivity index (χ2v) is 5.83. The summed E-state index contributed by atoms with van der Waals surface area (Å²) in [5.41, 5.74) is 1.35. The Hall–Kier alpha value is 0.0729. The molecule has 0 aromatic heterocycles. The van der Waals surface area contributed by atoms with Crippen molar-refractivity contribution in [2.45, 2.75) is 11.5 Å². The van der Waals surface area contributed by atoms with E-state index in [0.29, 0.717) is 0 Å². The van der Waals surface area contributed by atoms with Crippen LogP contribution in [-0.4, -0.2) is 14.6 Å². The fraction of sp³-hybridized carbons (Fsp3) is 0.143. The molecule has 0 atom stereocenters. The van der Waals surface area contributed by atoms with Crippen LogP contribution in [-0.2, 0) is 10.4 Å². The molecular weight excluding hydrogens is 205 g/mol. The number of hydrogen-bond donors (Lipinski definition) is 0. The predicted molar refractivity (Wildman–Crippen MR) is 42.8 cm³/mol. The van der Waals surface area contributed by atoms with Crippen LogP contribution in [0.15, 0.2) is 29.2 Å². The van der Waals surface area contributed by atoms with E-state index in [1.54, 1.807) is 0 Å². The summed E-state index contributed by atoms with van der Waals surface area (Å²) in [7, 11) is 1.89. The van der Waals surface area contributed by atoms with Gasteiger partial charge in [-0.25, -0.2) is 0 Å². The normalized spacial score (nSPS) is 16.4. The number of fused-ring (bicyclic) bond motifs is 1. The summed E-state index contributed by atoms with van der Waals surface area (Å²) >= 11 is -0.175. The molecule has 10 heavy (non-hydrogen) atoms. The third kappa shape index (κ3) is 1.24. The van der Waals surface area contributed by atoms with Gasteiger partial charge >= 0.3 is 69.8 Å². The van der Waals surface area contributed by atoms with E-state index in [-0.39, 0.29) is 14.6 Å². The number of hydrogen-bond acceptors (Lipinski definition) is 2. The molecule has 2 radical (unpaired) electrons. The second-order valence-electron chi connectivity index (χ2n) is 2.08. The second kappa shape index (κ2) is 2.99. The summed E-state index contributed by atoms with van der Waals surface area (Å²) in [6.45, 7) is 0.836. The van der Waals surface area contributed by atoms with E-state index in [0.717, 1.165) is 6.61 Å². The van der Waals surface area contributed by atoms with Crippen molar-refractivity contribution in [1.82, 2.24) is 0 Å². The molecule has 0 saturated carbocycles. The van der Waals surface area contributed by atoms with Gasteiger partial charge in [-0.05, 0) is 0 Å². The van der Waals surface area contributed by atoms with Gasteiger partial charge in [0.05, 0.1) is 0 Å². The zero-order valence-electron chi connectivity index (χ0n) is 5.33. The van der Waals surface area contributed by atoms with E-state index in [9.17, 15) is 0 Å². The molecule has 0 saturated heterocycles. The summed E-state index contributed by atoms with van der Waals surface area (Å²) in [5.74, 6) is 0. The minimum absolute atomic E-state index is 0.175. The van der Waals surface area contributed by atoms with Crippen LogP contribution >= 0.6 is 10.1 Å². The van der Waals surface area contributed by atoms with Gasteiger partial charge in [-0.15, -0.1) is 0 Å². The molecule has 0 spiro atoms. The molecule has 0 unspecified atom stereocenters. The molecule has 50 valence electrons. The summed E-state index contributed by atoms with van der Waals surface area (Å²) < 4.78 is 5.38. The van der Waals surface area contributed by atoms with Gasteiger partial charge in [-0.3, -0.25) is 0 Å². The quantitative estimate of drug-likeness (QED) is 0.605. The SMILES string of the molecule is c1ccc2c(c1)C[O][Ge][S]2. The van der Waals surface area contributed by atoms with E-state index in [2.05, 4.69) is 24.3 Å². The average Bonchev–Trinajstić information content (AvgIpc) is 2.05. The number of rotatable bonds is 0. The Balaban J connectivity index is 2.41. The summed E-state index contributed by atoms with van der Waals surface area (Å²) in [6.07, 6.45) is 0. The topological polar surface area (TPSA) is 9.23 Å². The molecule has 0 N–H and O–H groups in total. The van der Waals surface area contributed by atoms with Crippen LogP contribution in [0.25, 0.3) is 0 Å². The van der Waals surface area contributed by atoms with E-state index >= 15 is 0 Å². The molecule has 0 bridgehead atoms. The monoisotopic (exact) mass is 212 g/mol. The van der Waals surface area contributed by atoms with Crippen molar-refractivity contribution in [2.75, 3.05) is 0 Å². The summed E-state index contributed by atoms with van der Waals surface area (Å²) in [6, 6.07) is 8.46. The van der Waals surface area contributed by atoms with E-state index in [1.807, 2.05) is 10.1 Å². The van der Waals surface area contributed by atoms with Gasteiger partial charge < -0.3 is 0 Å². The van der Waals surface area contributed by atoms with Crippen LogP contribution in [0.3, 0.4) is 0 Å². The molecule has 3 heteroatoms. The van der Waals surface area contributed by atoms with Crippen molar-refractivity contribution in [2.24, 2.45) is 0 Å². The van der Waals surface area contributed by atoms with Gasteiger partial charge in [0.25, 0.3) is 0 Å². The minimum atomic E-state index is -0.175. The van der Waals surface area contributed by atoms with Crippen molar-refractivity contribution < 1.29 is 3.76 Å². The fourth-order valence-corrected chi connectivity index (χ4v) is 4.40. The van der Waals surface area contributed by atoms with Crippen LogP contribution in [0.5, 0.6) is 0 Å². The van der Waals surface area contributed by atoms with Gasteiger partial charge in [-0.2, -0.15) is 0 Å². The average molecular weight is 211 g/mol. The van der Waals surface area contributed by atoms with Crippen LogP contribution in [0.4, 0.5) is 0 Å². The first-order valence-corrected chi connectivity index (χ1v) is 7.32. The maximum atomic E-state index is 5.38. The maximum absolute atomic E-state index is 5.38.